The van der Waals surface area contributed by atoms with Crippen molar-refractivity contribution in [2.45, 2.75) is 51.3 Å². The molecule has 2 unspecified atom stereocenters. The average Bonchev–Trinajstić information content (AvgIpc) is 2.48. The number of nitrogens with two attached hydrogens (primary N) is 1. The number of halogens is 3. The Morgan fingerprint density at radius 2 is 2.00 bits per heavy atom. The fourth-order valence-corrected chi connectivity index (χ4v) is 2.85. The Hall–Kier alpha value is -1.40. The van der Waals surface area contributed by atoms with Crippen LogP contribution in [0.1, 0.15) is 37.7 Å². The summed E-state index contributed by atoms with van der Waals surface area (Å²) in [5.74, 6) is 0.197. The summed E-state index contributed by atoms with van der Waals surface area (Å²) in [7, 11) is 0. The molecule has 0 bridgehead atoms. The van der Waals surface area contributed by atoms with Gasteiger partial charge in [0.15, 0.2) is 0 Å². The first-order valence-corrected chi connectivity index (χ1v) is 7.61. The van der Waals surface area contributed by atoms with Gasteiger partial charge in [-0.25, -0.2) is 0 Å². The Morgan fingerprint density at radius 1 is 1.30 bits per heavy atom. The molecule has 130 valence electrons. The van der Waals surface area contributed by atoms with E-state index in [9.17, 15) is 13.6 Å². The van der Waals surface area contributed by atoms with Crippen molar-refractivity contribution in [1.82, 2.24) is 5.32 Å². The van der Waals surface area contributed by atoms with Gasteiger partial charge in [0.05, 0.1) is 0 Å². The first kappa shape index (κ1) is 19.6. The van der Waals surface area contributed by atoms with E-state index < -0.39 is 6.61 Å². The molecule has 0 saturated heterocycles. The van der Waals surface area contributed by atoms with Crippen LogP contribution in [0.3, 0.4) is 0 Å². The standard InChI is InChI=1S/C16H22F2N2O2.ClH/c17-16(18)22-14-8-4-2-6-12(14)10-20-15(21)9-11-5-1-3-7-13(11)19;/h2,4,6,8,11,13,16H,1,3,5,7,9-10,19H2,(H,20,21);1H. The summed E-state index contributed by atoms with van der Waals surface area (Å²) in [5.41, 5.74) is 6.56. The maximum atomic E-state index is 12.3. The summed E-state index contributed by atoms with van der Waals surface area (Å²) >= 11 is 0. The molecule has 1 aromatic carbocycles. The zero-order chi connectivity index (χ0) is 15.9. The molecule has 23 heavy (non-hydrogen) atoms. The number of carbonyl (C=O) groups excluding carboxylic acids is 1. The molecule has 1 aliphatic carbocycles. The van der Waals surface area contributed by atoms with E-state index in [1.807, 2.05) is 0 Å². The van der Waals surface area contributed by atoms with E-state index >= 15 is 0 Å². The van der Waals surface area contributed by atoms with Crippen LogP contribution in [0.5, 0.6) is 5.75 Å². The molecule has 0 heterocycles. The van der Waals surface area contributed by atoms with Gasteiger partial charge >= 0.3 is 6.61 Å². The molecular formula is C16H23ClF2N2O2. The molecule has 1 saturated carbocycles. The number of para-hydroxylation sites is 1. The smallest absolute Gasteiger partial charge is 0.387 e. The number of carbonyl (C=O) groups is 1. The van der Waals surface area contributed by atoms with Gasteiger partial charge in [-0.1, -0.05) is 31.0 Å². The van der Waals surface area contributed by atoms with Crippen LogP contribution in [0.4, 0.5) is 8.78 Å². The summed E-state index contributed by atoms with van der Waals surface area (Å²) in [6.07, 6.45) is 4.55. The summed E-state index contributed by atoms with van der Waals surface area (Å²) in [4.78, 5) is 12.0. The van der Waals surface area contributed by atoms with Crippen LogP contribution < -0.4 is 15.8 Å². The highest BCUT2D eigenvalue weighted by atomic mass is 35.5. The zero-order valence-corrected chi connectivity index (χ0v) is 13.7. The van der Waals surface area contributed by atoms with Crippen molar-refractivity contribution in [3.8, 4) is 5.75 Å². The lowest BCUT2D eigenvalue weighted by Gasteiger charge is -2.28. The zero-order valence-electron chi connectivity index (χ0n) is 12.8. The lowest BCUT2D eigenvalue weighted by molar-refractivity contribution is -0.122. The molecule has 2 atom stereocenters. The van der Waals surface area contributed by atoms with E-state index in [-0.39, 0.29) is 42.6 Å². The highest BCUT2D eigenvalue weighted by Gasteiger charge is 2.24. The molecule has 1 fully saturated rings. The van der Waals surface area contributed by atoms with Gasteiger partial charge in [-0.2, -0.15) is 8.78 Å². The molecule has 2 rings (SSSR count). The van der Waals surface area contributed by atoms with Gasteiger partial charge in [0.2, 0.25) is 5.91 Å². The Labute approximate surface area is 141 Å². The largest absolute Gasteiger partial charge is 0.434 e. The first-order valence-electron chi connectivity index (χ1n) is 7.61. The lowest BCUT2D eigenvalue weighted by atomic mass is 9.83. The van der Waals surface area contributed by atoms with Crippen LogP contribution in [-0.2, 0) is 11.3 Å². The molecule has 0 aliphatic heterocycles. The van der Waals surface area contributed by atoms with Crippen LogP contribution >= 0.6 is 12.4 Å². The minimum atomic E-state index is -2.88. The average molecular weight is 349 g/mol. The maximum Gasteiger partial charge on any atom is 0.387 e. The second-order valence-electron chi connectivity index (χ2n) is 5.68. The number of nitrogens with one attached hydrogen (secondary N) is 1. The van der Waals surface area contributed by atoms with Crippen LogP contribution in [-0.4, -0.2) is 18.6 Å². The predicted octanol–water partition coefficient (Wildman–Crippen LogP) is 3.23. The summed E-state index contributed by atoms with van der Waals surface area (Å²) in [6, 6.07) is 6.53. The summed E-state index contributed by atoms with van der Waals surface area (Å²) < 4.78 is 29.1. The van der Waals surface area contributed by atoms with E-state index in [1.165, 1.54) is 6.07 Å². The Kier molecular flexibility index (Phi) is 8.26. The van der Waals surface area contributed by atoms with Crippen molar-refractivity contribution in [2.24, 2.45) is 11.7 Å². The molecule has 0 spiro atoms. The second kappa shape index (κ2) is 9.67. The number of ether oxygens (including phenoxy) is 1. The van der Waals surface area contributed by atoms with Crippen LogP contribution in [0.2, 0.25) is 0 Å². The van der Waals surface area contributed by atoms with Gasteiger partial charge in [0.25, 0.3) is 0 Å². The second-order valence-corrected chi connectivity index (χ2v) is 5.68. The SMILES string of the molecule is Cl.NC1CCCCC1CC(=O)NCc1ccccc1OC(F)F. The fourth-order valence-electron chi connectivity index (χ4n) is 2.85. The van der Waals surface area contributed by atoms with Gasteiger partial charge in [-0.05, 0) is 24.8 Å². The monoisotopic (exact) mass is 348 g/mol. The molecule has 7 heteroatoms. The Balaban J connectivity index is 0.00000264. The normalized spacial score (nSPS) is 20.7. The number of hydrogen-bond donors (Lipinski definition) is 2. The number of benzene rings is 1. The van der Waals surface area contributed by atoms with Crippen molar-refractivity contribution >= 4 is 18.3 Å². The van der Waals surface area contributed by atoms with Gasteiger partial charge in [0.1, 0.15) is 5.75 Å². The Bertz CT molecular complexity index is 503. The third-order valence-electron chi connectivity index (χ3n) is 4.08. The van der Waals surface area contributed by atoms with E-state index in [4.69, 9.17) is 5.73 Å². The number of amides is 1. The third-order valence-corrected chi connectivity index (χ3v) is 4.08. The summed E-state index contributed by atoms with van der Waals surface area (Å²) in [6.45, 7) is -2.71. The van der Waals surface area contributed by atoms with Crippen LogP contribution in [0, 0.1) is 5.92 Å². The first-order chi connectivity index (χ1) is 10.6. The van der Waals surface area contributed by atoms with E-state index in [0.717, 1.165) is 25.7 Å². The van der Waals surface area contributed by atoms with Gasteiger partial charge in [-0.3, -0.25) is 4.79 Å². The van der Waals surface area contributed by atoms with Gasteiger partial charge < -0.3 is 15.8 Å². The predicted molar refractivity (Wildman–Crippen MR) is 86.7 cm³/mol. The Morgan fingerprint density at radius 3 is 2.70 bits per heavy atom. The van der Waals surface area contributed by atoms with Crippen molar-refractivity contribution in [1.29, 1.82) is 0 Å². The van der Waals surface area contributed by atoms with Crippen LogP contribution in [0.25, 0.3) is 0 Å². The van der Waals surface area contributed by atoms with Crippen molar-refractivity contribution in [3.63, 3.8) is 0 Å². The minimum absolute atomic E-state index is 0. The third kappa shape index (κ3) is 6.31. The molecule has 0 aromatic heterocycles. The maximum absolute atomic E-state index is 12.3. The molecule has 3 N–H and O–H groups in total. The molecule has 1 aromatic rings. The van der Waals surface area contributed by atoms with Crippen molar-refractivity contribution in [2.75, 3.05) is 0 Å². The van der Waals surface area contributed by atoms with E-state index in [2.05, 4.69) is 10.1 Å². The topological polar surface area (TPSA) is 64.4 Å². The highest BCUT2D eigenvalue weighted by Crippen LogP contribution is 2.25. The van der Waals surface area contributed by atoms with Crippen molar-refractivity contribution < 1.29 is 18.3 Å². The molecule has 4 nitrogen and oxygen atoms in total. The number of hydrogen-bond acceptors (Lipinski definition) is 3. The number of alkyl halides is 2. The quantitative estimate of drug-likeness (QED) is 0.829. The van der Waals surface area contributed by atoms with Gasteiger partial charge in [-0.15, -0.1) is 12.4 Å². The molecular weight excluding hydrogens is 326 g/mol. The van der Waals surface area contributed by atoms with Crippen molar-refractivity contribution in [3.05, 3.63) is 29.8 Å². The summed E-state index contributed by atoms with van der Waals surface area (Å²) in [5, 5.41) is 2.76. The molecule has 1 amide bonds. The lowest BCUT2D eigenvalue weighted by Crippen LogP contribution is -2.37. The minimum Gasteiger partial charge on any atom is -0.434 e. The molecule has 1 aliphatic rings. The van der Waals surface area contributed by atoms with Crippen LogP contribution in [0.15, 0.2) is 24.3 Å². The number of rotatable bonds is 6. The van der Waals surface area contributed by atoms with E-state index in [1.54, 1.807) is 18.2 Å². The van der Waals surface area contributed by atoms with E-state index in [0.29, 0.717) is 12.0 Å². The molecule has 0 radical (unpaired) electrons. The highest BCUT2D eigenvalue weighted by molar-refractivity contribution is 5.85. The fraction of sp³-hybridized carbons (Fsp3) is 0.562. The van der Waals surface area contributed by atoms with Gasteiger partial charge in [0, 0.05) is 24.6 Å².